The van der Waals surface area contributed by atoms with Gasteiger partial charge in [0.2, 0.25) is 11.8 Å². The van der Waals surface area contributed by atoms with E-state index in [0.29, 0.717) is 13.1 Å². The van der Waals surface area contributed by atoms with Crippen LogP contribution in [0.2, 0.25) is 0 Å². The molecule has 2 aliphatic heterocycles. The van der Waals surface area contributed by atoms with E-state index in [1.165, 1.54) is 0 Å². The van der Waals surface area contributed by atoms with Crippen molar-refractivity contribution in [1.82, 2.24) is 10.2 Å². The van der Waals surface area contributed by atoms with E-state index in [1.807, 2.05) is 35.2 Å². The predicted molar refractivity (Wildman–Crippen MR) is 92.6 cm³/mol. The Hall–Kier alpha value is -1.59. The Bertz CT molecular complexity index is 524. The highest BCUT2D eigenvalue weighted by atomic mass is 35.5. The Morgan fingerprint density at radius 3 is 2.39 bits per heavy atom. The van der Waals surface area contributed by atoms with Gasteiger partial charge >= 0.3 is 0 Å². The smallest absolute Gasteiger partial charge is 0.239 e. The lowest BCUT2D eigenvalue weighted by Gasteiger charge is -2.33. The number of hydrogen-bond acceptors (Lipinski definition) is 3. The zero-order chi connectivity index (χ0) is 15.4. The number of piperidine rings is 1. The molecule has 2 saturated heterocycles. The van der Waals surface area contributed by atoms with Crippen molar-refractivity contribution in [2.24, 2.45) is 5.92 Å². The predicted octanol–water partition coefficient (Wildman–Crippen LogP) is 2.04. The Labute approximate surface area is 143 Å². The number of para-hydroxylation sites is 1. The molecule has 1 aromatic rings. The largest absolute Gasteiger partial charge is 0.341 e. The molecule has 1 aromatic carbocycles. The Morgan fingerprint density at radius 2 is 1.78 bits per heavy atom. The van der Waals surface area contributed by atoms with Crippen molar-refractivity contribution < 1.29 is 9.59 Å². The third-order valence-electron chi connectivity index (χ3n) is 4.58. The lowest BCUT2D eigenvalue weighted by Crippen LogP contribution is -2.48. The number of nitrogens with one attached hydrogen (secondary N) is 2. The fraction of sp³-hybridized carbons (Fsp3) is 0.529. The topological polar surface area (TPSA) is 61.4 Å². The third-order valence-corrected chi connectivity index (χ3v) is 4.58. The Balaban J connectivity index is 0.00000192. The lowest BCUT2D eigenvalue weighted by molar-refractivity contribution is -0.136. The molecule has 2 fully saturated rings. The zero-order valence-corrected chi connectivity index (χ0v) is 14.0. The second-order valence-corrected chi connectivity index (χ2v) is 6.10. The summed E-state index contributed by atoms with van der Waals surface area (Å²) in [7, 11) is 0. The van der Waals surface area contributed by atoms with E-state index in [-0.39, 0.29) is 36.2 Å². The van der Waals surface area contributed by atoms with Crippen molar-refractivity contribution in [2.45, 2.75) is 31.7 Å². The molecule has 0 saturated carbocycles. The minimum Gasteiger partial charge on any atom is -0.341 e. The fourth-order valence-electron chi connectivity index (χ4n) is 3.24. The summed E-state index contributed by atoms with van der Waals surface area (Å²) in [5.74, 6) is 0.275. The second kappa shape index (κ2) is 8.31. The maximum atomic E-state index is 12.3. The van der Waals surface area contributed by atoms with Crippen LogP contribution in [0.15, 0.2) is 30.3 Å². The quantitative estimate of drug-likeness (QED) is 0.887. The van der Waals surface area contributed by atoms with Gasteiger partial charge in [0, 0.05) is 24.7 Å². The van der Waals surface area contributed by atoms with Gasteiger partial charge in [-0.3, -0.25) is 9.59 Å². The third kappa shape index (κ3) is 4.45. The fourth-order valence-corrected chi connectivity index (χ4v) is 3.24. The molecule has 2 N–H and O–H groups in total. The van der Waals surface area contributed by atoms with Gasteiger partial charge in [-0.15, -0.1) is 12.4 Å². The molecule has 23 heavy (non-hydrogen) atoms. The van der Waals surface area contributed by atoms with Crippen molar-refractivity contribution in [1.29, 1.82) is 0 Å². The summed E-state index contributed by atoms with van der Waals surface area (Å²) in [6, 6.07) is 9.52. The number of halogens is 1. The monoisotopic (exact) mass is 337 g/mol. The molecule has 1 unspecified atom stereocenters. The molecular weight excluding hydrogens is 314 g/mol. The van der Waals surface area contributed by atoms with Crippen LogP contribution in [0.3, 0.4) is 0 Å². The van der Waals surface area contributed by atoms with Gasteiger partial charge in [0.15, 0.2) is 0 Å². The highest BCUT2D eigenvalue weighted by Crippen LogP contribution is 2.21. The molecule has 1 atom stereocenters. The molecule has 0 aromatic heterocycles. The van der Waals surface area contributed by atoms with Gasteiger partial charge in [-0.05, 0) is 44.4 Å². The van der Waals surface area contributed by atoms with E-state index in [0.717, 1.165) is 37.9 Å². The first-order valence-electron chi connectivity index (χ1n) is 8.12. The maximum Gasteiger partial charge on any atom is 0.239 e. The number of carbonyl (C=O) groups is 2. The van der Waals surface area contributed by atoms with Gasteiger partial charge < -0.3 is 15.5 Å². The van der Waals surface area contributed by atoms with Crippen molar-refractivity contribution in [3.8, 4) is 0 Å². The summed E-state index contributed by atoms with van der Waals surface area (Å²) < 4.78 is 0. The van der Waals surface area contributed by atoms with Crippen molar-refractivity contribution in [3.05, 3.63) is 30.3 Å². The van der Waals surface area contributed by atoms with Crippen molar-refractivity contribution >= 4 is 29.9 Å². The van der Waals surface area contributed by atoms with E-state index >= 15 is 0 Å². The first-order chi connectivity index (χ1) is 10.7. The van der Waals surface area contributed by atoms with Gasteiger partial charge in [-0.2, -0.15) is 0 Å². The minimum absolute atomic E-state index is 0. The number of carbonyl (C=O) groups excluding carboxylic acids is 2. The van der Waals surface area contributed by atoms with Crippen LogP contribution in [0.4, 0.5) is 5.69 Å². The van der Waals surface area contributed by atoms with Gasteiger partial charge in [-0.25, -0.2) is 0 Å². The van der Waals surface area contributed by atoms with E-state index in [9.17, 15) is 9.59 Å². The average molecular weight is 338 g/mol. The molecule has 5 nitrogen and oxygen atoms in total. The van der Waals surface area contributed by atoms with Crippen LogP contribution in [-0.4, -0.2) is 42.4 Å². The van der Waals surface area contributed by atoms with Crippen LogP contribution in [0.25, 0.3) is 0 Å². The minimum atomic E-state index is -0.00491. The van der Waals surface area contributed by atoms with Crippen LogP contribution in [0, 0.1) is 5.92 Å². The molecule has 0 radical (unpaired) electrons. The highest BCUT2D eigenvalue weighted by Gasteiger charge is 2.31. The van der Waals surface area contributed by atoms with Gasteiger partial charge in [0.1, 0.15) is 0 Å². The second-order valence-electron chi connectivity index (χ2n) is 6.10. The van der Waals surface area contributed by atoms with Crippen molar-refractivity contribution in [2.75, 3.05) is 25.0 Å². The van der Waals surface area contributed by atoms with Gasteiger partial charge in [0.05, 0.1) is 6.04 Å². The van der Waals surface area contributed by atoms with E-state index in [2.05, 4.69) is 10.6 Å². The molecule has 126 valence electrons. The summed E-state index contributed by atoms with van der Waals surface area (Å²) in [5.41, 5.74) is 0.834. The number of nitrogens with zero attached hydrogens (tertiary/aromatic N) is 1. The molecule has 3 rings (SSSR count). The standard InChI is InChI=1S/C17H23N3O2.ClH/c21-16(19-14-5-2-1-3-6-14)13-8-11-20(12-9-13)17(22)15-7-4-10-18-15;/h1-3,5-6,13,15,18H,4,7-12H2,(H,19,21);1H. The van der Waals surface area contributed by atoms with Gasteiger partial charge in [-0.1, -0.05) is 18.2 Å². The molecule has 2 amide bonds. The van der Waals surface area contributed by atoms with Crippen LogP contribution >= 0.6 is 12.4 Å². The van der Waals surface area contributed by atoms with Crippen LogP contribution in [0.1, 0.15) is 25.7 Å². The van der Waals surface area contributed by atoms with E-state index < -0.39 is 0 Å². The number of hydrogen-bond donors (Lipinski definition) is 2. The normalized spacial score (nSPS) is 21.6. The molecule has 0 aliphatic carbocycles. The van der Waals surface area contributed by atoms with Gasteiger partial charge in [0.25, 0.3) is 0 Å². The summed E-state index contributed by atoms with van der Waals surface area (Å²) in [5, 5.41) is 6.21. The summed E-state index contributed by atoms with van der Waals surface area (Å²) in [6.45, 7) is 2.31. The Kier molecular flexibility index (Phi) is 6.42. The first kappa shape index (κ1) is 17.8. The van der Waals surface area contributed by atoms with E-state index in [1.54, 1.807) is 0 Å². The number of rotatable bonds is 3. The average Bonchev–Trinajstić information content (AvgIpc) is 3.10. The molecular formula is C17H24ClN3O2. The summed E-state index contributed by atoms with van der Waals surface area (Å²) in [6.07, 6.45) is 3.51. The summed E-state index contributed by atoms with van der Waals surface area (Å²) >= 11 is 0. The molecule has 2 aliphatic rings. The first-order valence-corrected chi connectivity index (χ1v) is 8.12. The molecule has 0 spiro atoms. The summed E-state index contributed by atoms with van der Waals surface area (Å²) in [4.78, 5) is 26.5. The highest BCUT2D eigenvalue weighted by molar-refractivity contribution is 5.92. The van der Waals surface area contributed by atoms with Crippen molar-refractivity contribution in [3.63, 3.8) is 0 Å². The number of anilines is 1. The van der Waals surface area contributed by atoms with E-state index in [4.69, 9.17) is 0 Å². The van der Waals surface area contributed by atoms with Crippen LogP contribution < -0.4 is 10.6 Å². The SMILES string of the molecule is Cl.O=C(Nc1ccccc1)C1CCN(C(=O)C2CCCN2)CC1. The zero-order valence-electron chi connectivity index (χ0n) is 13.2. The molecule has 6 heteroatoms. The number of benzene rings is 1. The molecule has 0 bridgehead atoms. The van der Waals surface area contributed by atoms with Crippen LogP contribution in [-0.2, 0) is 9.59 Å². The maximum absolute atomic E-state index is 12.3. The number of likely N-dealkylation sites (tertiary alicyclic amines) is 1. The Morgan fingerprint density at radius 1 is 1.09 bits per heavy atom. The molecule has 2 heterocycles. The van der Waals surface area contributed by atoms with Crippen LogP contribution in [0.5, 0.6) is 0 Å². The lowest BCUT2D eigenvalue weighted by atomic mass is 9.95. The number of amides is 2.